The summed E-state index contributed by atoms with van der Waals surface area (Å²) < 4.78 is 5.47. The lowest BCUT2D eigenvalue weighted by Crippen LogP contribution is -2.45. The maximum Gasteiger partial charge on any atom is 0.305 e. The van der Waals surface area contributed by atoms with Gasteiger partial charge >= 0.3 is 5.97 Å². The van der Waals surface area contributed by atoms with Gasteiger partial charge in [-0.05, 0) is 83.5 Å². The molecule has 0 aliphatic rings. The van der Waals surface area contributed by atoms with E-state index in [-0.39, 0.29) is 18.5 Å². The molecule has 0 heterocycles. The number of carbonyl (C=O) groups is 2. The smallest absolute Gasteiger partial charge is 0.305 e. The van der Waals surface area contributed by atoms with E-state index in [1.165, 1.54) is 205 Å². The lowest BCUT2D eigenvalue weighted by Gasteiger charge is -2.22. The van der Waals surface area contributed by atoms with Crippen LogP contribution in [0.25, 0.3) is 0 Å². The van der Waals surface area contributed by atoms with Crippen molar-refractivity contribution in [3.8, 4) is 0 Å². The monoisotopic (exact) mass is 914 g/mol. The van der Waals surface area contributed by atoms with Gasteiger partial charge in [0.2, 0.25) is 5.91 Å². The minimum Gasteiger partial charge on any atom is -0.466 e. The van der Waals surface area contributed by atoms with E-state index in [0.717, 1.165) is 64.2 Å². The number of hydrogen-bond acceptors (Lipinski definition) is 5. The SMILES string of the molecule is CCCCCC/C=C\C/C=C\CCCCCCCCCC(=O)OCCCCCCCC/C=C\CCCCCCCCCC(=O)NC(CO)C(O)CCCCCCCCCCCCCCC. The third-order valence-electron chi connectivity index (χ3n) is 13.2. The summed E-state index contributed by atoms with van der Waals surface area (Å²) in [6.07, 6.45) is 67.0. The Labute approximate surface area is 404 Å². The zero-order valence-corrected chi connectivity index (χ0v) is 43.5. The Morgan fingerprint density at radius 3 is 1.20 bits per heavy atom. The Bertz CT molecular complexity index is 1060. The van der Waals surface area contributed by atoms with Gasteiger partial charge < -0.3 is 20.3 Å². The van der Waals surface area contributed by atoms with Gasteiger partial charge in [0.05, 0.1) is 25.4 Å². The molecule has 0 aromatic carbocycles. The van der Waals surface area contributed by atoms with Crippen molar-refractivity contribution in [2.24, 2.45) is 0 Å². The predicted octanol–water partition coefficient (Wildman–Crippen LogP) is 17.6. The van der Waals surface area contributed by atoms with Crippen molar-refractivity contribution >= 4 is 11.9 Å². The molecular formula is C59H111NO5. The average Bonchev–Trinajstić information content (AvgIpc) is 3.31. The normalized spacial score (nSPS) is 12.9. The molecule has 0 spiro atoms. The van der Waals surface area contributed by atoms with Gasteiger partial charge in [0.15, 0.2) is 0 Å². The van der Waals surface area contributed by atoms with E-state index in [4.69, 9.17) is 4.74 Å². The zero-order valence-electron chi connectivity index (χ0n) is 43.5. The fraction of sp³-hybridized carbons (Fsp3) is 0.864. The Hall–Kier alpha value is -1.92. The summed E-state index contributed by atoms with van der Waals surface area (Å²) in [6, 6.07) is -0.550. The molecule has 1 amide bonds. The van der Waals surface area contributed by atoms with E-state index in [2.05, 4.69) is 55.6 Å². The summed E-state index contributed by atoms with van der Waals surface area (Å²) in [7, 11) is 0. The molecule has 0 aliphatic heterocycles. The number of amides is 1. The van der Waals surface area contributed by atoms with E-state index in [1.807, 2.05) is 0 Å². The molecule has 0 bridgehead atoms. The first kappa shape index (κ1) is 63.1. The van der Waals surface area contributed by atoms with Crippen molar-refractivity contribution in [2.75, 3.05) is 13.2 Å². The predicted molar refractivity (Wildman–Crippen MR) is 283 cm³/mol. The van der Waals surface area contributed by atoms with Crippen LogP contribution in [0.4, 0.5) is 0 Å². The summed E-state index contributed by atoms with van der Waals surface area (Å²) in [4.78, 5) is 24.5. The maximum absolute atomic E-state index is 12.5. The van der Waals surface area contributed by atoms with E-state index in [0.29, 0.717) is 25.9 Å². The highest BCUT2D eigenvalue weighted by Gasteiger charge is 2.20. The summed E-state index contributed by atoms with van der Waals surface area (Å²) in [5, 5.41) is 23.2. The molecule has 0 saturated heterocycles. The van der Waals surface area contributed by atoms with Crippen LogP contribution in [0, 0.1) is 0 Å². The first-order valence-electron chi connectivity index (χ1n) is 28.7. The molecule has 0 saturated carbocycles. The molecular weight excluding hydrogens is 803 g/mol. The van der Waals surface area contributed by atoms with Gasteiger partial charge in [0.1, 0.15) is 0 Å². The summed E-state index contributed by atoms with van der Waals surface area (Å²) >= 11 is 0. The first-order valence-corrected chi connectivity index (χ1v) is 28.7. The van der Waals surface area contributed by atoms with Crippen LogP contribution in [0.2, 0.25) is 0 Å². The van der Waals surface area contributed by atoms with Crippen LogP contribution in [0.1, 0.15) is 303 Å². The second-order valence-electron chi connectivity index (χ2n) is 19.6. The van der Waals surface area contributed by atoms with Gasteiger partial charge in [0.25, 0.3) is 0 Å². The number of ether oxygens (including phenoxy) is 1. The minimum absolute atomic E-state index is 0.00930. The maximum atomic E-state index is 12.5. The fourth-order valence-electron chi connectivity index (χ4n) is 8.72. The third kappa shape index (κ3) is 51.3. The molecule has 0 aromatic rings. The van der Waals surface area contributed by atoms with Crippen LogP contribution in [-0.4, -0.2) is 47.4 Å². The standard InChI is InChI=1S/C59H111NO5/c1-3-5-7-9-11-13-15-17-18-19-22-25-29-33-37-41-45-49-53-59(64)65-54-50-46-42-38-34-30-26-23-20-21-24-28-32-36-40-44-48-52-58(63)60-56(55-61)57(62)51-47-43-39-35-31-27-16-14-12-10-8-6-4-2/h13,15,18-20,23,56-57,61-62H,3-12,14,16-17,21-22,24-55H2,1-2H3,(H,60,63)/b15-13-,19-18-,23-20-. The van der Waals surface area contributed by atoms with Gasteiger partial charge in [-0.2, -0.15) is 0 Å². The molecule has 2 unspecified atom stereocenters. The van der Waals surface area contributed by atoms with Crippen LogP contribution >= 0.6 is 0 Å². The third-order valence-corrected chi connectivity index (χ3v) is 13.2. The van der Waals surface area contributed by atoms with Gasteiger partial charge in [0, 0.05) is 12.8 Å². The van der Waals surface area contributed by atoms with Gasteiger partial charge in [-0.25, -0.2) is 0 Å². The largest absolute Gasteiger partial charge is 0.466 e. The van der Waals surface area contributed by atoms with Crippen LogP contribution in [0.3, 0.4) is 0 Å². The van der Waals surface area contributed by atoms with Crippen LogP contribution in [0.5, 0.6) is 0 Å². The number of allylic oxidation sites excluding steroid dienone is 6. The number of carbonyl (C=O) groups excluding carboxylic acids is 2. The van der Waals surface area contributed by atoms with Crippen molar-refractivity contribution in [1.82, 2.24) is 5.32 Å². The average molecular weight is 915 g/mol. The van der Waals surface area contributed by atoms with Crippen molar-refractivity contribution in [2.45, 2.75) is 315 Å². The molecule has 65 heavy (non-hydrogen) atoms. The summed E-state index contributed by atoms with van der Waals surface area (Å²) in [5.41, 5.74) is 0. The molecule has 0 aromatic heterocycles. The van der Waals surface area contributed by atoms with Crippen molar-refractivity contribution in [3.05, 3.63) is 36.5 Å². The molecule has 6 heteroatoms. The molecule has 0 rings (SSSR count). The lowest BCUT2D eigenvalue weighted by molar-refractivity contribution is -0.143. The number of aliphatic hydroxyl groups excluding tert-OH is 2. The zero-order chi connectivity index (χ0) is 47.2. The van der Waals surface area contributed by atoms with Crippen LogP contribution < -0.4 is 5.32 Å². The van der Waals surface area contributed by atoms with E-state index >= 15 is 0 Å². The highest BCUT2D eigenvalue weighted by atomic mass is 16.5. The Morgan fingerprint density at radius 1 is 0.431 bits per heavy atom. The fourth-order valence-corrected chi connectivity index (χ4v) is 8.72. The van der Waals surface area contributed by atoms with Crippen molar-refractivity contribution in [1.29, 1.82) is 0 Å². The van der Waals surface area contributed by atoms with Crippen molar-refractivity contribution < 1.29 is 24.5 Å². The van der Waals surface area contributed by atoms with Gasteiger partial charge in [-0.15, -0.1) is 0 Å². The lowest BCUT2D eigenvalue weighted by atomic mass is 10.0. The topological polar surface area (TPSA) is 95.9 Å². The Kier molecular flexibility index (Phi) is 53.1. The Balaban J connectivity index is 3.45. The molecule has 6 nitrogen and oxygen atoms in total. The van der Waals surface area contributed by atoms with E-state index in [9.17, 15) is 19.8 Å². The van der Waals surface area contributed by atoms with Gasteiger partial charge in [-0.1, -0.05) is 243 Å². The summed E-state index contributed by atoms with van der Waals surface area (Å²) in [5.74, 6) is -0.0567. The highest BCUT2D eigenvalue weighted by molar-refractivity contribution is 5.76. The molecule has 382 valence electrons. The van der Waals surface area contributed by atoms with Gasteiger partial charge in [-0.3, -0.25) is 9.59 Å². The highest BCUT2D eigenvalue weighted by Crippen LogP contribution is 2.16. The van der Waals surface area contributed by atoms with Crippen LogP contribution in [0.15, 0.2) is 36.5 Å². The number of unbranched alkanes of at least 4 members (excludes halogenated alkanes) is 36. The van der Waals surface area contributed by atoms with Crippen molar-refractivity contribution in [3.63, 3.8) is 0 Å². The number of nitrogens with one attached hydrogen (secondary N) is 1. The molecule has 0 fully saturated rings. The number of aliphatic hydroxyl groups is 2. The van der Waals surface area contributed by atoms with Crippen LogP contribution in [-0.2, 0) is 14.3 Å². The minimum atomic E-state index is -0.672. The second-order valence-corrected chi connectivity index (χ2v) is 19.6. The summed E-state index contributed by atoms with van der Waals surface area (Å²) in [6.45, 7) is 4.91. The molecule has 0 radical (unpaired) electrons. The second kappa shape index (κ2) is 54.7. The quantitative estimate of drug-likeness (QED) is 0.0321. The molecule has 0 aliphatic carbocycles. The molecule has 3 N–H and O–H groups in total. The number of rotatable bonds is 53. The number of hydrogen-bond donors (Lipinski definition) is 3. The Morgan fingerprint density at radius 2 is 0.769 bits per heavy atom. The van der Waals surface area contributed by atoms with E-state index in [1.54, 1.807) is 0 Å². The van der Waals surface area contributed by atoms with E-state index < -0.39 is 12.1 Å². The first-order chi connectivity index (χ1) is 32.0. The molecule has 2 atom stereocenters. The number of esters is 1.